The van der Waals surface area contributed by atoms with Crippen LogP contribution in [0.5, 0.6) is 0 Å². The number of imidazole rings is 1. The molecular formula is C16H24N6O. The highest BCUT2D eigenvalue weighted by atomic mass is 16.2. The molecule has 1 unspecified atom stereocenters. The predicted octanol–water partition coefficient (Wildman–Crippen LogP) is 1.22. The van der Waals surface area contributed by atoms with Crippen LogP contribution < -0.4 is 0 Å². The highest BCUT2D eigenvalue weighted by molar-refractivity contribution is 5.92. The fourth-order valence-corrected chi connectivity index (χ4v) is 3.07. The third-order valence-electron chi connectivity index (χ3n) is 4.46. The smallest absolute Gasteiger partial charge is 0.274 e. The predicted molar refractivity (Wildman–Crippen MR) is 87.1 cm³/mol. The fraction of sp³-hybridized carbons (Fsp3) is 0.562. The monoisotopic (exact) mass is 316 g/mol. The molecule has 1 atom stereocenters. The molecule has 3 heterocycles. The third kappa shape index (κ3) is 3.14. The number of H-pyrrole nitrogens is 1. The van der Waals surface area contributed by atoms with Gasteiger partial charge in [0.2, 0.25) is 0 Å². The lowest BCUT2D eigenvalue weighted by molar-refractivity contribution is 0.0523. The van der Waals surface area contributed by atoms with E-state index < -0.39 is 0 Å². The van der Waals surface area contributed by atoms with E-state index >= 15 is 0 Å². The second-order valence-electron chi connectivity index (χ2n) is 6.17. The van der Waals surface area contributed by atoms with Crippen LogP contribution in [0.25, 0.3) is 0 Å². The Morgan fingerprint density at radius 3 is 2.91 bits per heavy atom. The minimum Gasteiger partial charge on any atom is -0.337 e. The quantitative estimate of drug-likeness (QED) is 0.921. The first kappa shape index (κ1) is 15.7. The summed E-state index contributed by atoms with van der Waals surface area (Å²) in [6, 6.07) is 1.99. The molecular weight excluding hydrogens is 292 g/mol. The Morgan fingerprint density at radius 2 is 2.22 bits per heavy atom. The molecule has 7 nitrogen and oxygen atoms in total. The number of aromatic nitrogens is 4. The first-order valence-corrected chi connectivity index (χ1v) is 8.11. The molecule has 1 N–H and O–H groups in total. The Morgan fingerprint density at radius 1 is 1.39 bits per heavy atom. The molecule has 0 saturated carbocycles. The van der Waals surface area contributed by atoms with E-state index in [2.05, 4.69) is 34.1 Å². The van der Waals surface area contributed by atoms with Crippen LogP contribution in [-0.2, 0) is 13.5 Å². The lowest BCUT2D eigenvalue weighted by atomic mass is 10.1. The number of likely N-dealkylation sites (N-methyl/N-ethyl adjacent to an activating group) is 1. The standard InChI is InChI=1S/C16H24N6O/c1-4-5-12-10-13(19-18-12)16(23)22-9-8-20(2)14(11-22)15-17-6-7-21(15)3/h6-7,10,14H,4-5,8-9,11H2,1-3H3,(H,18,19). The van der Waals surface area contributed by atoms with Crippen LogP contribution in [0.15, 0.2) is 18.5 Å². The molecule has 1 aliphatic heterocycles. The van der Waals surface area contributed by atoms with E-state index in [1.54, 1.807) is 6.20 Å². The number of hydrogen-bond donors (Lipinski definition) is 1. The molecule has 124 valence electrons. The van der Waals surface area contributed by atoms with Gasteiger partial charge in [-0.3, -0.25) is 14.8 Å². The van der Waals surface area contributed by atoms with Gasteiger partial charge in [-0.1, -0.05) is 13.3 Å². The maximum atomic E-state index is 12.7. The second kappa shape index (κ2) is 6.54. The number of amides is 1. The molecule has 0 bridgehead atoms. The summed E-state index contributed by atoms with van der Waals surface area (Å²) in [5.74, 6) is 0.981. The van der Waals surface area contributed by atoms with Crippen LogP contribution in [0.1, 0.15) is 41.4 Å². The van der Waals surface area contributed by atoms with Crippen LogP contribution in [-0.4, -0.2) is 62.1 Å². The molecule has 1 amide bonds. The largest absolute Gasteiger partial charge is 0.337 e. The van der Waals surface area contributed by atoms with Gasteiger partial charge < -0.3 is 9.47 Å². The Balaban J connectivity index is 1.75. The van der Waals surface area contributed by atoms with E-state index in [-0.39, 0.29) is 11.9 Å². The van der Waals surface area contributed by atoms with Gasteiger partial charge in [-0.15, -0.1) is 0 Å². The van der Waals surface area contributed by atoms with Gasteiger partial charge in [0, 0.05) is 44.8 Å². The molecule has 7 heteroatoms. The van der Waals surface area contributed by atoms with E-state index in [0.29, 0.717) is 18.8 Å². The summed E-state index contributed by atoms with van der Waals surface area (Å²) < 4.78 is 2.02. The molecule has 0 aliphatic carbocycles. The number of rotatable bonds is 4. The van der Waals surface area contributed by atoms with E-state index in [1.165, 1.54) is 0 Å². The summed E-state index contributed by atoms with van der Waals surface area (Å²) in [5, 5.41) is 7.14. The molecule has 2 aromatic heterocycles. The molecule has 0 spiro atoms. The average Bonchev–Trinajstić information content (AvgIpc) is 3.17. The van der Waals surface area contributed by atoms with Crippen LogP contribution >= 0.6 is 0 Å². The molecule has 0 aromatic carbocycles. The van der Waals surface area contributed by atoms with Gasteiger partial charge in [-0.25, -0.2) is 4.98 Å². The first-order chi connectivity index (χ1) is 11.1. The van der Waals surface area contributed by atoms with E-state index in [9.17, 15) is 4.79 Å². The van der Waals surface area contributed by atoms with Gasteiger partial charge in [0.05, 0.1) is 6.04 Å². The summed E-state index contributed by atoms with van der Waals surface area (Å²) in [7, 11) is 4.07. The van der Waals surface area contributed by atoms with Crippen molar-refractivity contribution in [2.24, 2.45) is 7.05 Å². The Bertz CT molecular complexity index is 676. The lowest BCUT2D eigenvalue weighted by Crippen LogP contribution is -2.49. The fourth-order valence-electron chi connectivity index (χ4n) is 3.07. The molecule has 1 fully saturated rings. The first-order valence-electron chi connectivity index (χ1n) is 8.11. The van der Waals surface area contributed by atoms with Gasteiger partial charge in [-0.2, -0.15) is 5.10 Å². The number of hydrogen-bond acceptors (Lipinski definition) is 4. The van der Waals surface area contributed by atoms with Crippen molar-refractivity contribution in [3.05, 3.63) is 35.7 Å². The Hall–Kier alpha value is -2.15. The van der Waals surface area contributed by atoms with Crippen LogP contribution in [0, 0.1) is 0 Å². The second-order valence-corrected chi connectivity index (χ2v) is 6.17. The topological polar surface area (TPSA) is 70.1 Å². The number of carbonyl (C=O) groups is 1. The minimum atomic E-state index is -0.00378. The number of aryl methyl sites for hydroxylation is 2. The van der Waals surface area contributed by atoms with Gasteiger partial charge in [0.25, 0.3) is 5.91 Å². The van der Waals surface area contributed by atoms with E-state index in [1.807, 2.05) is 28.8 Å². The zero-order valence-corrected chi connectivity index (χ0v) is 14.0. The van der Waals surface area contributed by atoms with Crippen molar-refractivity contribution in [3.8, 4) is 0 Å². The third-order valence-corrected chi connectivity index (χ3v) is 4.46. The Labute approximate surface area is 136 Å². The molecule has 0 radical (unpaired) electrons. The van der Waals surface area contributed by atoms with Crippen molar-refractivity contribution in [2.75, 3.05) is 26.7 Å². The van der Waals surface area contributed by atoms with Gasteiger partial charge >= 0.3 is 0 Å². The summed E-state index contributed by atoms with van der Waals surface area (Å²) in [4.78, 5) is 21.3. The maximum Gasteiger partial charge on any atom is 0.274 e. The van der Waals surface area contributed by atoms with Gasteiger partial charge in [0.15, 0.2) is 0 Å². The molecule has 23 heavy (non-hydrogen) atoms. The van der Waals surface area contributed by atoms with Crippen molar-refractivity contribution in [3.63, 3.8) is 0 Å². The number of nitrogens with one attached hydrogen (secondary N) is 1. The maximum absolute atomic E-state index is 12.7. The number of piperazine rings is 1. The van der Waals surface area contributed by atoms with E-state index in [0.717, 1.165) is 30.9 Å². The average molecular weight is 316 g/mol. The normalized spacial score (nSPS) is 19.3. The van der Waals surface area contributed by atoms with Crippen molar-refractivity contribution < 1.29 is 4.79 Å². The van der Waals surface area contributed by atoms with Crippen LogP contribution in [0.2, 0.25) is 0 Å². The Kier molecular flexibility index (Phi) is 4.47. The van der Waals surface area contributed by atoms with Gasteiger partial charge in [0.1, 0.15) is 11.5 Å². The lowest BCUT2D eigenvalue weighted by Gasteiger charge is -2.38. The van der Waals surface area contributed by atoms with Crippen molar-refractivity contribution in [1.82, 2.24) is 29.5 Å². The minimum absolute atomic E-state index is 0.00378. The highest BCUT2D eigenvalue weighted by Gasteiger charge is 2.31. The zero-order chi connectivity index (χ0) is 16.4. The van der Waals surface area contributed by atoms with Crippen molar-refractivity contribution in [1.29, 1.82) is 0 Å². The summed E-state index contributed by atoms with van der Waals surface area (Å²) in [6.07, 6.45) is 5.69. The van der Waals surface area contributed by atoms with Gasteiger partial charge in [-0.05, 0) is 19.5 Å². The highest BCUT2D eigenvalue weighted by Crippen LogP contribution is 2.23. The molecule has 1 saturated heterocycles. The SMILES string of the molecule is CCCc1cc(C(=O)N2CCN(C)C(c3nccn3C)C2)n[nH]1. The number of aromatic amines is 1. The summed E-state index contributed by atoms with van der Waals surface area (Å²) in [6.45, 7) is 4.29. The summed E-state index contributed by atoms with van der Waals surface area (Å²) >= 11 is 0. The van der Waals surface area contributed by atoms with Crippen LogP contribution in [0.3, 0.4) is 0 Å². The van der Waals surface area contributed by atoms with Crippen molar-refractivity contribution in [2.45, 2.75) is 25.8 Å². The van der Waals surface area contributed by atoms with Crippen molar-refractivity contribution >= 4 is 5.91 Å². The van der Waals surface area contributed by atoms with E-state index in [4.69, 9.17) is 0 Å². The molecule has 3 rings (SSSR count). The molecule has 2 aromatic rings. The molecule has 1 aliphatic rings. The number of nitrogens with zero attached hydrogens (tertiary/aromatic N) is 5. The zero-order valence-electron chi connectivity index (χ0n) is 14.0. The summed E-state index contributed by atoms with van der Waals surface area (Å²) in [5.41, 5.74) is 1.53. The van der Waals surface area contributed by atoms with Crippen LogP contribution in [0.4, 0.5) is 0 Å². The number of carbonyl (C=O) groups excluding carboxylic acids is 1.